The number of aromatic nitrogens is 1. The van der Waals surface area contributed by atoms with Gasteiger partial charge < -0.3 is 27.1 Å². The molecule has 150 valence electrons. The molecule has 0 saturated carbocycles. The molecule has 0 aliphatic carbocycles. The summed E-state index contributed by atoms with van der Waals surface area (Å²) < 4.78 is 0. The van der Waals surface area contributed by atoms with Crippen LogP contribution in [0.15, 0.2) is 30.5 Å². The van der Waals surface area contributed by atoms with Gasteiger partial charge in [0.25, 0.3) is 0 Å². The first-order valence-corrected chi connectivity index (χ1v) is 10.2. The van der Waals surface area contributed by atoms with Crippen LogP contribution in [-0.2, 0) is 4.79 Å². The number of hydrogen-bond donors (Lipinski definition) is 5. The molecule has 6 nitrogen and oxygen atoms in total. The van der Waals surface area contributed by atoms with Crippen molar-refractivity contribution in [2.45, 2.75) is 37.6 Å². The molecule has 27 heavy (non-hydrogen) atoms. The van der Waals surface area contributed by atoms with Crippen molar-refractivity contribution in [1.29, 1.82) is 0 Å². The van der Waals surface area contributed by atoms with Gasteiger partial charge in [-0.2, -0.15) is 0 Å². The van der Waals surface area contributed by atoms with Crippen LogP contribution in [0.5, 0.6) is 0 Å². The molecule has 0 amide bonds. The molecule has 7 heteroatoms. The van der Waals surface area contributed by atoms with Gasteiger partial charge in [0.05, 0.1) is 5.92 Å². The molecule has 1 aromatic carbocycles. The van der Waals surface area contributed by atoms with Gasteiger partial charge in [-0.1, -0.05) is 18.2 Å². The second-order valence-electron chi connectivity index (χ2n) is 6.81. The van der Waals surface area contributed by atoms with Gasteiger partial charge in [-0.25, -0.2) is 0 Å². The number of hydrogen-bond acceptors (Lipinski definition) is 5. The van der Waals surface area contributed by atoms with E-state index in [1.165, 1.54) is 0 Å². The summed E-state index contributed by atoms with van der Waals surface area (Å²) in [5.41, 5.74) is 13.1. The summed E-state index contributed by atoms with van der Waals surface area (Å²) in [6.07, 6.45) is 5.54. The van der Waals surface area contributed by atoms with Gasteiger partial charge >= 0.3 is 0 Å². The third-order valence-corrected chi connectivity index (χ3v) is 5.05. The van der Waals surface area contributed by atoms with E-state index < -0.39 is 5.92 Å². The molecule has 0 saturated heterocycles. The third kappa shape index (κ3) is 6.59. The van der Waals surface area contributed by atoms with E-state index in [9.17, 15) is 4.79 Å². The van der Waals surface area contributed by atoms with E-state index >= 15 is 0 Å². The van der Waals surface area contributed by atoms with E-state index in [4.69, 9.17) is 23.1 Å². The zero-order chi connectivity index (χ0) is 19.5. The molecule has 0 aliphatic heterocycles. The molecule has 7 N–H and O–H groups in total. The zero-order valence-electron chi connectivity index (χ0n) is 15.8. The van der Waals surface area contributed by atoms with Gasteiger partial charge in [0, 0.05) is 23.1 Å². The van der Waals surface area contributed by atoms with Crippen LogP contribution in [-0.4, -0.2) is 49.0 Å². The molecule has 0 fully saturated rings. The van der Waals surface area contributed by atoms with Crippen LogP contribution in [0, 0.1) is 0 Å². The molecule has 2 atom stereocenters. The summed E-state index contributed by atoms with van der Waals surface area (Å²) >= 11 is 6.08. The maximum atomic E-state index is 12.4. The van der Waals surface area contributed by atoms with Crippen LogP contribution in [0.1, 0.15) is 37.2 Å². The molecule has 0 bridgehead atoms. The van der Waals surface area contributed by atoms with Crippen molar-refractivity contribution in [2.24, 2.45) is 11.5 Å². The normalized spacial score (nSPS) is 13.7. The number of carbonyl (C=O) groups is 1. The van der Waals surface area contributed by atoms with Crippen LogP contribution in [0.2, 0.25) is 0 Å². The summed E-state index contributed by atoms with van der Waals surface area (Å²) in [6, 6.07) is 7.96. The van der Waals surface area contributed by atoms with E-state index in [1.807, 2.05) is 30.5 Å². The van der Waals surface area contributed by atoms with Crippen molar-refractivity contribution in [3.8, 4) is 0 Å². The summed E-state index contributed by atoms with van der Waals surface area (Å²) in [6.45, 7) is 3.89. The molecule has 0 aliphatic rings. The molecule has 0 spiro atoms. The second-order valence-corrected chi connectivity index (χ2v) is 7.18. The number of para-hydroxylation sites is 1. The van der Waals surface area contributed by atoms with Gasteiger partial charge in [-0.15, -0.1) is 0 Å². The van der Waals surface area contributed by atoms with Crippen molar-refractivity contribution in [1.82, 2.24) is 15.6 Å². The number of nitrogens with one attached hydrogen (secondary N) is 3. The van der Waals surface area contributed by atoms with E-state index in [0.29, 0.717) is 13.1 Å². The molecule has 0 radical (unpaired) electrons. The highest BCUT2D eigenvalue weighted by Gasteiger charge is 2.30. The first kappa shape index (κ1) is 21.9. The number of fused-ring (bicyclic) bond motifs is 1. The minimum atomic E-state index is -0.398. The monoisotopic (exact) mass is 393 g/mol. The topological polar surface area (TPSA) is 109 Å². The Morgan fingerprint density at radius 2 is 1.78 bits per heavy atom. The Kier molecular flexibility index (Phi) is 9.80. The predicted molar refractivity (Wildman–Crippen MR) is 113 cm³/mol. The summed E-state index contributed by atoms with van der Waals surface area (Å²) in [7, 11) is 0. The fourth-order valence-corrected chi connectivity index (χ4v) is 3.69. The van der Waals surface area contributed by atoms with E-state index in [2.05, 4.69) is 15.6 Å². The maximum Gasteiger partial charge on any atom is 0.230 e. The Morgan fingerprint density at radius 1 is 1.07 bits per heavy atom. The van der Waals surface area contributed by atoms with Crippen molar-refractivity contribution >= 4 is 27.7 Å². The number of benzene rings is 1. The summed E-state index contributed by atoms with van der Waals surface area (Å²) in [5.74, 6) is -0.398. The fraction of sp³-hybridized carbons (Fsp3) is 0.550. The molecular weight excluding hydrogens is 362 g/mol. The Balaban J connectivity index is 2.11. The van der Waals surface area contributed by atoms with Crippen LogP contribution in [0.3, 0.4) is 0 Å². The Morgan fingerprint density at radius 3 is 2.52 bits per heavy atom. The van der Waals surface area contributed by atoms with Crippen molar-refractivity contribution in [2.75, 3.05) is 32.7 Å². The summed E-state index contributed by atoms with van der Waals surface area (Å²) in [4.78, 5) is 15.6. The van der Waals surface area contributed by atoms with Gasteiger partial charge in [0.1, 0.15) is 0 Å². The number of H-pyrrole nitrogens is 1. The van der Waals surface area contributed by atoms with E-state index in [0.717, 1.165) is 61.8 Å². The molecule has 1 aromatic heterocycles. The van der Waals surface area contributed by atoms with Crippen LogP contribution >= 0.6 is 11.6 Å². The molecule has 1 heterocycles. The predicted octanol–water partition coefficient (Wildman–Crippen LogP) is 2.04. The molecule has 2 unspecified atom stereocenters. The first-order chi connectivity index (χ1) is 13.2. The van der Waals surface area contributed by atoms with Gasteiger partial charge in [0.15, 0.2) is 0 Å². The van der Waals surface area contributed by atoms with Gasteiger partial charge in [-0.05, 0) is 81.6 Å². The highest BCUT2D eigenvalue weighted by Crippen LogP contribution is 2.31. The number of carbonyl (C=O) groups excluding carboxylic acids is 1. The highest BCUT2D eigenvalue weighted by molar-refractivity contribution is 6.64. The lowest BCUT2D eigenvalue weighted by molar-refractivity contribution is -0.113. The zero-order valence-corrected chi connectivity index (χ0v) is 16.6. The average Bonchev–Trinajstić information content (AvgIpc) is 3.08. The quantitative estimate of drug-likeness (QED) is 0.249. The second kappa shape index (κ2) is 12.1. The molecular formula is C20H32ClN5O. The average molecular weight is 394 g/mol. The lowest BCUT2D eigenvalue weighted by Crippen LogP contribution is -2.39. The van der Waals surface area contributed by atoms with Gasteiger partial charge in [0.2, 0.25) is 5.24 Å². The SMILES string of the molecule is NCCCNCCCC(NCCCN)C(C(=O)Cl)c1c[nH]c2ccccc12. The first-order valence-electron chi connectivity index (χ1n) is 9.78. The van der Waals surface area contributed by atoms with E-state index in [1.54, 1.807) is 0 Å². The van der Waals surface area contributed by atoms with Crippen LogP contribution in [0.25, 0.3) is 10.9 Å². The standard InChI is InChI=1S/C20H32ClN5O/c21-20(27)19(16-14-26-17-7-2-1-6-15(16)17)18(25-13-5-10-23)8-3-11-24-12-4-9-22/h1-2,6-7,14,18-19,24-26H,3-5,8-13,22-23H2. The van der Waals surface area contributed by atoms with Gasteiger partial charge in [-0.3, -0.25) is 4.79 Å². The minimum Gasteiger partial charge on any atom is -0.361 e. The minimum absolute atomic E-state index is 0.0305. The lowest BCUT2D eigenvalue weighted by Gasteiger charge is -2.26. The molecule has 2 aromatic rings. The Bertz CT molecular complexity index is 690. The Labute approximate surface area is 166 Å². The highest BCUT2D eigenvalue weighted by atomic mass is 35.5. The largest absolute Gasteiger partial charge is 0.361 e. The Hall–Kier alpha value is -1.44. The third-order valence-electron chi connectivity index (χ3n) is 4.82. The molecule has 2 rings (SSSR count). The van der Waals surface area contributed by atoms with Crippen molar-refractivity contribution < 1.29 is 4.79 Å². The summed E-state index contributed by atoms with van der Waals surface area (Å²) in [5, 5.41) is 7.61. The maximum absolute atomic E-state index is 12.4. The number of halogens is 1. The van der Waals surface area contributed by atoms with Crippen LogP contribution < -0.4 is 22.1 Å². The number of nitrogens with two attached hydrogens (primary N) is 2. The number of aromatic amines is 1. The van der Waals surface area contributed by atoms with Crippen LogP contribution in [0.4, 0.5) is 0 Å². The van der Waals surface area contributed by atoms with Crippen molar-refractivity contribution in [3.05, 3.63) is 36.0 Å². The van der Waals surface area contributed by atoms with Crippen molar-refractivity contribution in [3.63, 3.8) is 0 Å². The lowest BCUT2D eigenvalue weighted by atomic mass is 9.89. The number of rotatable bonds is 14. The van der Waals surface area contributed by atoms with E-state index in [-0.39, 0.29) is 11.3 Å². The fourth-order valence-electron chi connectivity index (χ4n) is 3.42. The smallest absolute Gasteiger partial charge is 0.230 e.